The summed E-state index contributed by atoms with van der Waals surface area (Å²) in [5, 5.41) is 3.15. The van der Waals surface area contributed by atoms with Crippen LogP contribution in [0.3, 0.4) is 0 Å². The van der Waals surface area contributed by atoms with Crippen LogP contribution in [0.2, 0.25) is 0 Å². The van der Waals surface area contributed by atoms with E-state index in [4.69, 9.17) is 0 Å². The molecule has 0 radical (unpaired) electrons. The van der Waals surface area contributed by atoms with Gasteiger partial charge in [-0.25, -0.2) is 8.42 Å². The summed E-state index contributed by atoms with van der Waals surface area (Å²) >= 11 is 0. The van der Waals surface area contributed by atoms with Crippen LogP contribution in [0.5, 0.6) is 0 Å². The lowest BCUT2D eigenvalue weighted by Gasteiger charge is -2.42. The highest BCUT2D eigenvalue weighted by atomic mass is 32.2. The third-order valence-electron chi connectivity index (χ3n) is 2.97. The lowest BCUT2D eigenvalue weighted by atomic mass is 9.67. The molecule has 0 saturated heterocycles. The molecule has 1 fully saturated rings. The molecule has 1 rings (SSSR count). The average molecular weight is 205 g/mol. The van der Waals surface area contributed by atoms with Gasteiger partial charge in [-0.15, -0.1) is 0 Å². The van der Waals surface area contributed by atoms with Gasteiger partial charge in [0, 0.05) is 12.8 Å². The molecule has 1 saturated carbocycles. The first-order chi connectivity index (χ1) is 5.97. The number of sulfone groups is 1. The van der Waals surface area contributed by atoms with E-state index in [1.54, 1.807) is 0 Å². The molecule has 0 aromatic carbocycles. The van der Waals surface area contributed by atoms with Gasteiger partial charge < -0.3 is 5.32 Å². The van der Waals surface area contributed by atoms with E-state index in [0.29, 0.717) is 5.75 Å². The van der Waals surface area contributed by atoms with Gasteiger partial charge in [0.1, 0.15) is 9.84 Å². The fourth-order valence-corrected chi connectivity index (χ4v) is 2.77. The van der Waals surface area contributed by atoms with Crippen LogP contribution in [-0.2, 0) is 9.84 Å². The van der Waals surface area contributed by atoms with Gasteiger partial charge in [-0.3, -0.25) is 0 Å². The fraction of sp³-hybridized carbons (Fsp3) is 1.00. The topological polar surface area (TPSA) is 46.2 Å². The largest absolute Gasteiger partial charge is 0.319 e. The first kappa shape index (κ1) is 11.0. The molecule has 13 heavy (non-hydrogen) atoms. The second kappa shape index (κ2) is 3.96. The van der Waals surface area contributed by atoms with Gasteiger partial charge in [0.05, 0.1) is 5.75 Å². The monoisotopic (exact) mass is 205 g/mol. The summed E-state index contributed by atoms with van der Waals surface area (Å²) in [7, 11) is -0.849. The van der Waals surface area contributed by atoms with Crippen LogP contribution in [0.1, 0.15) is 25.7 Å². The Morgan fingerprint density at radius 1 is 1.38 bits per heavy atom. The van der Waals surface area contributed by atoms with Gasteiger partial charge in [0.15, 0.2) is 0 Å². The van der Waals surface area contributed by atoms with Crippen LogP contribution < -0.4 is 5.32 Å². The summed E-state index contributed by atoms with van der Waals surface area (Å²) in [4.78, 5) is 0. The van der Waals surface area contributed by atoms with Gasteiger partial charge in [-0.2, -0.15) is 0 Å². The van der Waals surface area contributed by atoms with Crippen molar-refractivity contribution in [2.24, 2.45) is 5.41 Å². The molecule has 0 amide bonds. The van der Waals surface area contributed by atoms with Crippen molar-refractivity contribution in [2.75, 3.05) is 25.6 Å². The Kier molecular flexibility index (Phi) is 3.35. The Morgan fingerprint density at radius 2 is 2.00 bits per heavy atom. The van der Waals surface area contributed by atoms with E-state index >= 15 is 0 Å². The van der Waals surface area contributed by atoms with Crippen LogP contribution in [0.4, 0.5) is 0 Å². The van der Waals surface area contributed by atoms with E-state index in [1.807, 2.05) is 7.05 Å². The molecule has 0 aromatic heterocycles. The Morgan fingerprint density at radius 3 is 2.31 bits per heavy atom. The second-order valence-corrected chi connectivity index (χ2v) is 6.52. The first-order valence-electron chi connectivity index (χ1n) is 4.80. The molecule has 0 heterocycles. The number of rotatable bonds is 5. The highest BCUT2D eigenvalue weighted by Crippen LogP contribution is 2.43. The van der Waals surface area contributed by atoms with Crippen molar-refractivity contribution < 1.29 is 8.42 Å². The summed E-state index contributed by atoms with van der Waals surface area (Å²) in [6, 6.07) is 0. The molecule has 0 aromatic rings. The molecule has 4 heteroatoms. The number of hydrogen-bond donors (Lipinski definition) is 1. The van der Waals surface area contributed by atoms with Crippen molar-refractivity contribution in [1.82, 2.24) is 5.32 Å². The van der Waals surface area contributed by atoms with E-state index in [1.165, 1.54) is 25.5 Å². The molecule has 1 aliphatic rings. The van der Waals surface area contributed by atoms with Crippen LogP contribution in [-0.4, -0.2) is 34.0 Å². The minimum Gasteiger partial charge on any atom is -0.319 e. The summed E-state index contributed by atoms with van der Waals surface area (Å²) in [5.41, 5.74) is 0.290. The summed E-state index contributed by atoms with van der Waals surface area (Å²) in [5.74, 6) is 0.342. The van der Waals surface area contributed by atoms with Crippen molar-refractivity contribution in [3.8, 4) is 0 Å². The smallest absolute Gasteiger partial charge is 0.147 e. The van der Waals surface area contributed by atoms with Crippen molar-refractivity contribution in [1.29, 1.82) is 0 Å². The Bertz CT molecular complexity index is 255. The van der Waals surface area contributed by atoms with E-state index in [9.17, 15) is 8.42 Å². The summed E-state index contributed by atoms with van der Waals surface area (Å²) in [6.45, 7) is 0.961. The minimum atomic E-state index is -2.78. The molecular weight excluding hydrogens is 186 g/mol. The van der Waals surface area contributed by atoms with Gasteiger partial charge in [0.25, 0.3) is 0 Å². The molecule has 0 unspecified atom stereocenters. The molecule has 0 spiro atoms. The minimum absolute atomic E-state index is 0.290. The number of nitrogens with one attached hydrogen (secondary N) is 1. The molecule has 1 N–H and O–H groups in total. The van der Waals surface area contributed by atoms with Crippen molar-refractivity contribution in [3.63, 3.8) is 0 Å². The Labute approximate surface area is 80.8 Å². The lowest BCUT2D eigenvalue weighted by Crippen LogP contribution is -2.40. The second-order valence-electron chi connectivity index (χ2n) is 4.26. The zero-order chi connectivity index (χ0) is 9.95. The average Bonchev–Trinajstić information content (AvgIpc) is 1.92. The molecule has 78 valence electrons. The van der Waals surface area contributed by atoms with Crippen molar-refractivity contribution in [3.05, 3.63) is 0 Å². The zero-order valence-electron chi connectivity index (χ0n) is 8.47. The van der Waals surface area contributed by atoms with Crippen LogP contribution in [0.25, 0.3) is 0 Å². The fourth-order valence-electron chi connectivity index (χ4n) is 1.97. The summed E-state index contributed by atoms with van der Waals surface area (Å²) < 4.78 is 22.0. The van der Waals surface area contributed by atoms with E-state index < -0.39 is 9.84 Å². The van der Waals surface area contributed by atoms with Crippen LogP contribution in [0, 0.1) is 5.41 Å². The first-order valence-corrected chi connectivity index (χ1v) is 6.86. The molecule has 3 nitrogen and oxygen atoms in total. The quantitative estimate of drug-likeness (QED) is 0.722. The molecule has 0 aliphatic heterocycles. The molecule has 0 atom stereocenters. The van der Waals surface area contributed by atoms with Gasteiger partial charge >= 0.3 is 0 Å². The third kappa shape index (κ3) is 3.27. The lowest BCUT2D eigenvalue weighted by molar-refractivity contribution is 0.128. The van der Waals surface area contributed by atoms with E-state index in [0.717, 1.165) is 13.0 Å². The number of hydrogen-bond acceptors (Lipinski definition) is 3. The maximum Gasteiger partial charge on any atom is 0.147 e. The normalized spacial score (nSPS) is 21.1. The molecule has 1 aliphatic carbocycles. The predicted octanol–water partition coefficient (Wildman–Crippen LogP) is 0.811. The van der Waals surface area contributed by atoms with Gasteiger partial charge in [0.2, 0.25) is 0 Å². The SMILES string of the molecule is CNCC1(CCS(C)(=O)=O)CCC1. The predicted molar refractivity (Wildman–Crippen MR) is 54.5 cm³/mol. The van der Waals surface area contributed by atoms with Gasteiger partial charge in [-0.05, 0) is 31.7 Å². The Hall–Kier alpha value is -0.0900. The highest BCUT2D eigenvalue weighted by Gasteiger charge is 2.36. The summed E-state index contributed by atoms with van der Waals surface area (Å²) in [6.07, 6.45) is 5.77. The molecule has 0 bridgehead atoms. The van der Waals surface area contributed by atoms with E-state index in [2.05, 4.69) is 5.32 Å². The zero-order valence-corrected chi connectivity index (χ0v) is 9.28. The maximum absolute atomic E-state index is 11.0. The van der Waals surface area contributed by atoms with Gasteiger partial charge in [-0.1, -0.05) is 6.42 Å². The maximum atomic E-state index is 11.0. The van der Waals surface area contributed by atoms with Crippen molar-refractivity contribution >= 4 is 9.84 Å². The van der Waals surface area contributed by atoms with E-state index in [-0.39, 0.29) is 5.41 Å². The third-order valence-corrected chi connectivity index (χ3v) is 3.91. The highest BCUT2D eigenvalue weighted by molar-refractivity contribution is 7.90. The van der Waals surface area contributed by atoms with Crippen LogP contribution >= 0.6 is 0 Å². The van der Waals surface area contributed by atoms with Crippen molar-refractivity contribution in [2.45, 2.75) is 25.7 Å². The standard InChI is InChI=1S/C9H19NO2S/c1-10-8-9(4-3-5-9)6-7-13(2,11)12/h10H,3-8H2,1-2H3. The molecular formula is C9H19NO2S. The Balaban J connectivity index is 2.41. The van der Waals surface area contributed by atoms with Crippen LogP contribution in [0.15, 0.2) is 0 Å².